The Kier molecular flexibility index (Phi) is 4.02. The summed E-state index contributed by atoms with van der Waals surface area (Å²) in [6.07, 6.45) is 6.54. The minimum atomic E-state index is -0.358. The monoisotopic (exact) mass is 370 g/mol. The number of amides is 2. The molecule has 1 aromatic carbocycles. The molecule has 0 unspecified atom stereocenters. The van der Waals surface area contributed by atoms with Gasteiger partial charge in [-0.1, -0.05) is 18.9 Å². The van der Waals surface area contributed by atoms with Gasteiger partial charge in [-0.15, -0.1) is 0 Å². The van der Waals surface area contributed by atoms with Crippen LogP contribution in [-0.2, 0) is 15.1 Å². The molecule has 2 heterocycles. The molecule has 5 rings (SSSR count). The number of likely N-dealkylation sites (tertiary alicyclic amines) is 1. The molecule has 1 saturated heterocycles. The van der Waals surface area contributed by atoms with Crippen molar-refractivity contribution in [2.75, 3.05) is 19.8 Å². The second-order valence-electron chi connectivity index (χ2n) is 8.32. The topological polar surface area (TPSA) is 67.9 Å². The van der Waals surface area contributed by atoms with Gasteiger partial charge in [-0.25, -0.2) is 0 Å². The number of benzene rings is 1. The normalized spacial score (nSPS) is 26.3. The number of fused-ring (bicyclic) bond motifs is 1. The van der Waals surface area contributed by atoms with Gasteiger partial charge in [0.05, 0.1) is 11.5 Å². The number of carbonyl (C=O) groups excluding carboxylic acids is 2. The number of ether oxygens (including phenoxy) is 2. The van der Waals surface area contributed by atoms with Crippen LogP contribution in [0.1, 0.15) is 50.5 Å². The van der Waals surface area contributed by atoms with Crippen LogP contribution in [0.3, 0.4) is 0 Å². The van der Waals surface area contributed by atoms with E-state index in [-0.39, 0.29) is 23.3 Å². The fraction of sp³-hybridized carbons (Fsp3) is 0.619. The highest BCUT2D eigenvalue weighted by atomic mass is 16.6. The van der Waals surface area contributed by atoms with Crippen molar-refractivity contribution >= 4 is 11.8 Å². The van der Waals surface area contributed by atoms with E-state index in [2.05, 4.69) is 11.4 Å². The lowest BCUT2D eigenvalue weighted by molar-refractivity contribution is -0.129. The number of hydrogen-bond donors (Lipinski definition) is 1. The van der Waals surface area contributed by atoms with E-state index in [1.807, 2.05) is 17.0 Å². The molecule has 6 nitrogen and oxygen atoms in total. The maximum absolute atomic E-state index is 13.1. The van der Waals surface area contributed by atoms with Crippen LogP contribution < -0.4 is 14.8 Å². The summed E-state index contributed by atoms with van der Waals surface area (Å²) >= 11 is 0. The molecule has 27 heavy (non-hydrogen) atoms. The molecular formula is C21H26N2O4. The van der Waals surface area contributed by atoms with Crippen LogP contribution in [0.15, 0.2) is 18.2 Å². The third kappa shape index (κ3) is 3.05. The van der Waals surface area contributed by atoms with E-state index in [9.17, 15) is 9.59 Å². The Labute approximate surface area is 159 Å². The van der Waals surface area contributed by atoms with Crippen LogP contribution in [0.4, 0.5) is 0 Å². The Balaban J connectivity index is 1.36. The summed E-state index contributed by atoms with van der Waals surface area (Å²) in [6.45, 7) is 1.70. The van der Waals surface area contributed by atoms with Crippen molar-refractivity contribution in [3.8, 4) is 11.5 Å². The molecule has 1 aromatic rings. The second kappa shape index (κ2) is 6.43. The lowest BCUT2D eigenvalue weighted by Gasteiger charge is -2.33. The van der Waals surface area contributed by atoms with Crippen LogP contribution in [0.25, 0.3) is 0 Å². The van der Waals surface area contributed by atoms with Crippen LogP contribution >= 0.6 is 0 Å². The van der Waals surface area contributed by atoms with Gasteiger partial charge in [-0.2, -0.15) is 0 Å². The van der Waals surface area contributed by atoms with Crippen LogP contribution in [0.2, 0.25) is 0 Å². The zero-order valence-electron chi connectivity index (χ0n) is 15.5. The van der Waals surface area contributed by atoms with E-state index < -0.39 is 0 Å². The fourth-order valence-corrected chi connectivity index (χ4v) is 4.79. The largest absolute Gasteiger partial charge is 0.486 e. The highest BCUT2D eigenvalue weighted by Gasteiger charge is 2.44. The second-order valence-corrected chi connectivity index (χ2v) is 8.32. The standard InChI is InChI=1S/C21H26N2O4/c24-19-11-14(13-23(19)16-4-5-16)20(25)22-21(7-1-2-8-21)15-3-6-17-18(12-15)27-10-9-26-17/h3,6,12,14,16H,1-2,4-5,7-11,13H2,(H,22,25)/t14-/m0/s1. The van der Waals surface area contributed by atoms with Crippen molar-refractivity contribution in [1.29, 1.82) is 0 Å². The first-order valence-corrected chi connectivity index (χ1v) is 10.2. The van der Waals surface area contributed by atoms with E-state index in [0.29, 0.717) is 32.2 Å². The molecule has 2 aliphatic carbocycles. The quantitative estimate of drug-likeness (QED) is 0.883. The number of nitrogens with zero attached hydrogens (tertiary/aromatic N) is 1. The fourth-order valence-electron chi connectivity index (χ4n) is 4.79. The lowest BCUT2D eigenvalue weighted by Crippen LogP contribution is -2.47. The molecule has 3 fully saturated rings. The van der Waals surface area contributed by atoms with Gasteiger partial charge in [-0.05, 0) is 43.4 Å². The van der Waals surface area contributed by atoms with E-state index in [4.69, 9.17) is 9.47 Å². The molecule has 144 valence electrons. The molecule has 0 spiro atoms. The van der Waals surface area contributed by atoms with Gasteiger partial charge < -0.3 is 19.7 Å². The van der Waals surface area contributed by atoms with Gasteiger partial charge >= 0.3 is 0 Å². The van der Waals surface area contributed by atoms with Gasteiger partial charge in [0.25, 0.3) is 0 Å². The van der Waals surface area contributed by atoms with Crippen molar-refractivity contribution < 1.29 is 19.1 Å². The predicted octanol–water partition coefficient (Wildman–Crippen LogP) is 2.35. The summed E-state index contributed by atoms with van der Waals surface area (Å²) in [5.74, 6) is 1.45. The molecule has 4 aliphatic rings. The molecule has 0 aromatic heterocycles. The summed E-state index contributed by atoms with van der Waals surface area (Å²) in [5, 5.41) is 3.34. The van der Waals surface area contributed by atoms with E-state index in [0.717, 1.165) is 55.6 Å². The zero-order valence-corrected chi connectivity index (χ0v) is 15.5. The minimum absolute atomic E-state index is 0.0169. The Hall–Kier alpha value is -2.24. The van der Waals surface area contributed by atoms with E-state index in [1.165, 1.54) is 0 Å². The molecule has 0 radical (unpaired) electrons. The summed E-state index contributed by atoms with van der Waals surface area (Å²) < 4.78 is 11.4. The van der Waals surface area contributed by atoms with Crippen LogP contribution in [0.5, 0.6) is 11.5 Å². The molecule has 2 aliphatic heterocycles. The molecule has 0 bridgehead atoms. The SMILES string of the molecule is O=C(NC1(c2ccc3c(c2)OCCO3)CCCC1)[C@H]1CC(=O)N(C2CC2)C1. The maximum Gasteiger partial charge on any atom is 0.226 e. The van der Waals surface area contributed by atoms with Gasteiger partial charge in [0.15, 0.2) is 11.5 Å². The Morgan fingerprint density at radius 2 is 1.85 bits per heavy atom. The Morgan fingerprint density at radius 3 is 2.59 bits per heavy atom. The molecule has 2 amide bonds. The van der Waals surface area contributed by atoms with Gasteiger partial charge in [0, 0.05) is 19.0 Å². The summed E-state index contributed by atoms with van der Waals surface area (Å²) in [6, 6.07) is 6.41. The van der Waals surface area contributed by atoms with Crippen molar-refractivity contribution in [2.45, 2.75) is 56.5 Å². The third-order valence-electron chi connectivity index (χ3n) is 6.43. The van der Waals surface area contributed by atoms with Gasteiger partial charge in [0.2, 0.25) is 11.8 Å². The molecule has 6 heteroatoms. The molecular weight excluding hydrogens is 344 g/mol. The molecule has 1 N–H and O–H groups in total. The first-order chi connectivity index (χ1) is 13.1. The van der Waals surface area contributed by atoms with Crippen molar-refractivity contribution in [1.82, 2.24) is 10.2 Å². The average Bonchev–Trinajstić information content (AvgIpc) is 3.29. The number of carbonyl (C=O) groups is 2. The summed E-state index contributed by atoms with van der Waals surface area (Å²) in [4.78, 5) is 27.2. The molecule has 1 atom stereocenters. The number of hydrogen-bond acceptors (Lipinski definition) is 4. The predicted molar refractivity (Wildman–Crippen MR) is 98.6 cm³/mol. The average molecular weight is 370 g/mol. The van der Waals surface area contributed by atoms with Crippen molar-refractivity contribution in [3.05, 3.63) is 23.8 Å². The zero-order chi connectivity index (χ0) is 18.4. The number of nitrogens with one attached hydrogen (secondary N) is 1. The van der Waals surface area contributed by atoms with Crippen molar-refractivity contribution in [3.63, 3.8) is 0 Å². The smallest absolute Gasteiger partial charge is 0.226 e. The van der Waals surface area contributed by atoms with E-state index >= 15 is 0 Å². The van der Waals surface area contributed by atoms with Gasteiger partial charge in [0.1, 0.15) is 13.2 Å². The third-order valence-corrected chi connectivity index (χ3v) is 6.43. The minimum Gasteiger partial charge on any atom is -0.486 e. The number of rotatable bonds is 4. The first kappa shape index (κ1) is 16.9. The van der Waals surface area contributed by atoms with Crippen LogP contribution in [0, 0.1) is 5.92 Å². The lowest BCUT2D eigenvalue weighted by atomic mass is 9.87. The Morgan fingerprint density at radius 1 is 1.11 bits per heavy atom. The highest BCUT2D eigenvalue weighted by molar-refractivity contribution is 5.90. The first-order valence-electron chi connectivity index (χ1n) is 10.2. The van der Waals surface area contributed by atoms with Gasteiger partial charge in [-0.3, -0.25) is 9.59 Å². The maximum atomic E-state index is 13.1. The summed E-state index contributed by atoms with van der Waals surface area (Å²) in [5.41, 5.74) is 0.726. The Bertz CT molecular complexity index is 767. The summed E-state index contributed by atoms with van der Waals surface area (Å²) in [7, 11) is 0. The molecule has 2 saturated carbocycles. The van der Waals surface area contributed by atoms with Crippen molar-refractivity contribution in [2.24, 2.45) is 5.92 Å². The van der Waals surface area contributed by atoms with Crippen LogP contribution in [-0.4, -0.2) is 42.5 Å². The van der Waals surface area contributed by atoms with E-state index in [1.54, 1.807) is 0 Å². The highest BCUT2D eigenvalue weighted by Crippen LogP contribution is 2.43.